The Kier molecular flexibility index (Phi) is 5.85. The van der Waals surface area contributed by atoms with Crippen LogP contribution in [0, 0.1) is 5.41 Å². The first-order valence-corrected chi connectivity index (χ1v) is 8.81. The van der Waals surface area contributed by atoms with Crippen LogP contribution in [0.25, 0.3) is 0 Å². The van der Waals surface area contributed by atoms with E-state index in [9.17, 15) is 4.79 Å². The second-order valence-corrected chi connectivity index (χ2v) is 7.37. The van der Waals surface area contributed by atoms with Gasteiger partial charge in [0, 0.05) is 39.1 Å². The molecule has 0 unspecified atom stereocenters. The van der Waals surface area contributed by atoms with E-state index < -0.39 is 0 Å². The number of piperazine rings is 1. The minimum atomic E-state index is 0.292. The van der Waals surface area contributed by atoms with E-state index in [4.69, 9.17) is 0 Å². The second-order valence-electron chi connectivity index (χ2n) is 7.37. The Labute approximate surface area is 136 Å². The largest absolute Gasteiger partial charge is 0.340 e. The van der Waals surface area contributed by atoms with Crippen molar-refractivity contribution in [3.63, 3.8) is 0 Å². The SMILES string of the molecule is CCC(=O)N1CCN(C/C=C/C2=C(C)CCCC2(C)C)CC1. The number of nitrogens with zero attached hydrogens (tertiary/aromatic N) is 2. The maximum Gasteiger partial charge on any atom is 0.222 e. The van der Waals surface area contributed by atoms with Crippen molar-refractivity contribution < 1.29 is 4.79 Å². The van der Waals surface area contributed by atoms with E-state index in [1.54, 1.807) is 11.1 Å². The summed E-state index contributed by atoms with van der Waals surface area (Å²) in [4.78, 5) is 16.1. The van der Waals surface area contributed by atoms with Gasteiger partial charge in [0.15, 0.2) is 0 Å². The van der Waals surface area contributed by atoms with Gasteiger partial charge in [-0.05, 0) is 37.2 Å². The molecule has 0 aromatic rings. The summed E-state index contributed by atoms with van der Waals surface area (Å²) in [6.45, 7) is 13.7. The Morgan fingerprint density at radius 3 is 2.50 bits per heavy atom. The van der Waals surface area contributed by atoms with Gasteiger partial charge in [-0.25, -0.2) is 0 Å². The molecule has 0 atom stereocenters. The third-order valence-corrected chi connectivity index (χ3v) is 5.22. The number of carbonyl (C=O) groups excluding carboxylic acids is 1. The summed E-state index contributed by atoms with van der Waals surface area (Å²) in [5, 5.41) is 0. The lowest BCUT2D eigenvalue weighted by molar-refractivity contribution is -0.132. The number of amides is 1. The van der Waals surface area contributed by atoms with Crippen molar-refractivity contribution in [2.45, 2.75) is 53.4 Å². The van der Waals surface area contributed by atoms with E-state index in [1.807, 2.05) is 11.8 Å². The number of hydrogen-bond donors (Lipinski definition) is 0. The molecule has 1 aliphatic heterocycles. The highest BCUT2D eigenvalue weighted by molar-refractivity contribution is 5.75. The van der Waals surface area contributed by atoms with Crippen LogP contribution in [0.4, 0.5) is 0 Å². The molecule has 22 heavy (non-hydrogen) atoms. The average molecular weight is 304 g/mol. The van der Waals surface area contributed by atoms with Crippen molar-refractivity contribution in [3.05, 3.63) is 23.3 Å². The molecule has 3 nitrogen and oxygen atoms in total. The molecular formula is C19H32N2O. The number of rotatable bonds is 4. The van der Waals surface area contributed by atoms with Crippen molar-refractivity contribution in [1.29, 1.82) is 0 Å². The summed E-state index contributed by atoms with van der Waals surface area (Å²) < 4.78 is 0. The highest BCUT2D eigenvalue weighted by atomic mass is 16.2. The third-order valence-electron chi connectivity index (χ3n) is 5.22. The van der Waals surface area contributed by atoms with Gasteiger partial charge in [0.25, 0.3) is 0 Å². The fourth-order valence-corrected chi connectivity index (χ4v) is 3.73. The summed E-state index contributed by atoms with van der Waals surface area (Å²) >= 11 is 0. The molecule has 124 valence electrons. The first kappa shape index (κ1) is 17.3. The summed E-state index contributed by atoms with van der Waals surface area (Å²) in [5.74, 6) is 0.292. The average Bonchev–Trinajstić information content (AvgIpc) is 2.49. The zero-order chi connectivity index (χ0) is 16.2. The van der Waals surface area contributed by atoms with Crippen LogP contribution in [-0.4, -0.2) is 48.4 Å². The molecule has 1 aliphatic carbocycles. The molecule has 1 amide bonds. The van der Waals surface area contributed by atoms with Crippen LogP contribution < -0.4 is 0 Å². The minimum absolute atomic E-state index is 0.292. The van der Waals surface area contributed by atoms with Gasteiger partial charge in [-0.3, -0.25) is 9.69 Å². The van der Waals surface area contributed by atoms with Crippen molar-refractivity contribution in [2.75, 3.05) is 32.7 Å². The van der Waals surface area contributed by atoms with Crippen LogP contribution in [0.3, 0.4) is 0 Å². The Hall–Kier alpha value is -1.09. The lowest BCUT2D eigenvalue weighted by Crippen LogP contribution is -2.48. The zero-order valence-corrected chi connectivity index (χ0v) is 14.8. The number of allylic oxidation sites excluding steroid dienone is 3. The monoisotopic (exact) mass is 304 g/mol. The summed E-state index contributed by atoms with van der Waals surface area (Å²) in [6.07, 6.45) is 9.18. The molecule has 0 spiro atoms. The minimum Gasteiger partial charge on any atom is -0.340 e. The normalized spacial score (nSPS) is 23.4. The zero-order valence-electron chi connectivity index (χ0n) is 14.8. The quantitative estimate of drug-likeness (QED) is 0.792. The molecule has 0 aromatic carbocycles. The fraction of sp³-hybridized carbons (Fsp3) is 0.737. The molecule has 0 radical (unpaired) electrons. The van der Waals surface area contributed by atoms with Crippen LogP contribution in [0.1, 0.15) is 53.4 Å². The Balaban J connectivity index is 1.85. The number of hydrogen-bond acceptors (Lipinski definition) is 2. The maximum absolute atomic E-state index is 11.7. The van der Waals surface area contributed by atoms with Gasteiger partial charge in [0.2, 0.25) is 5.91 Å². The first-order chi connectivity index (χ1) is 10.4. The van der Waals surface area contributed by atoms with E-state index >= 15 is 0 Å². The summed E-state index contributed by atoms with van der Waals surface area (Å²) in [7, 11) is 0. The van der Waals surface area contributed by atoms with Crippen LogP contribution in [-0.2, 0) is 4.79 Å². The van der Waals surface area contributed by atoms with E-state index in [0.29, 0.717) is 17.7 Å². The second kappa shape index (κ2) is 7.45. The molecule has 0 aromatic heterocycles. The lowest BCUT2D eigenvalue weighted by atomic mass is 9.73. The van der Waals surface area contributed by atoms with Crippen molar-refractivity contribution in [3.8, 4) is 0 Å². The highest BCUT2D eigenvalue weighted by Gasteiger charge is 2.26. The van der Waals surface area contributed by atoms with Gasteiger partial charge in [-0.15, -0.1) is 0 Å². The molecule has 0 N–H and O–H groups in total. The Morgan fingerprint density at radius 1 is 1.23 bits per heavy atom. The maximum atomic E-state index is 11.7. The molecule has 2 rings (SSSR count). The van der Waals surface area contributed by atoms with E-state index in [2.05, 4.69) is 37.8 Å². The predicted molar refractivity (Wildman–Crippen MR) is 92.8 cm³/mol. The van der Waals surface area contributed by atoms with Crippen molar-refractivity contribution in [1.82, 2.24) is 9.80 Å². The molecule has 3 heteroatoms. The molecule has 2 aliphatic rings. The van der Waals surface area contributed by atoms with Crippen LogP contribution in [0.15, 0.2) is 23.3 Å². The van der Waals surface area contributed by atoms with Gasteiger partial charge in [-0.2, -0.15) is 0 Å². The van der Waals surface area contributed by atoms with Crippen LogP contribution in [0.5, 0.6) is 0 Å². The summed E-state index contributed by atoms with van der Waals surface area (Å²) in [5.41, 5.74) is 3.43. The standard InChI is InChI=1S/C19H32N2O/c1-5-18(22)21-14-12-20(13-15-21)11-7-9-17-16(2)8-6-10-19(17,3)4/h7,9H,5-6,8,10-15H2,1-4H3/b9-7+. The highest BCUT2D eigenvalue weighted by Crippen LogP contribution is 2.40. The molecule has 1 saturated heterocycles. The molecule has 1 heterocycles. The van der Waals surface area contributed by atoms with Gasteiger partial charge < -0.3 is 4.90 Å². The van der Waals surface area contributed by atoms with E-state index in [0.717, 1.165) is 32.7 Å². The Morgan fingerprint density at radius 2 is 1.91 bits per heavy atom. The van der Waals surface area contributed by atoms with Gasteiger partial charge in [0.1, 0.15) is 0 Å². The molecular weight excluding hydrogens is 272 g/mol. The smallest absolute Gasteiger partial charge is 0.222 e. The number of carbonyl (C=O) groups is 1. The lowest BCUT2D eigenvalue weighted by Gasteiger charge is -2.35. The predicted octanol–water partition coefficient (Wildman–Crippen LogP) is 3.62. The molecule has 1 fully saturated rings. The topological polar surface area (TPSA) is 23.6 Å². The molecule has 0 saturated carbocycles. The van der Waals surface area contributed by atoms with Crippen molar-refractivity contribution >= 4 is 5.91 Å². The third kappa shape index (κ3) is 4.22. The van der Waals surface area contributed by atoms with E-state index in [1.165, 1.54) is 19.3 Å². The van der Waals surface area contributed by atoms with Crippen molar-refractivity contribution in [2.24, 2.45) is 5.41 Å². The van der Waals surface area contributed by atoms with Crippen LogP contribution in [0.2, 0.25) is 0 Å². The van der Waals surface area contributed by atoms with Gasteiger partial charge in [0.05, 0.1) is 0 Å². The van der Waals surface area contributed by atoms with Gasteiger partial charge >= 0.3 is 0 Å². The summed E-state index contributed by atoms with van der Waals surface area (Å²) in [6, 6.07) is 0. The fourth-order valence-electron chi connectivity index (χ4n) is 3.73. The Bertz CT molecular complexity index is 454. The van der Waals surface area contributed by atoms with E-state index in [-0.39, 0.29) is 0 Å². The molecule has 0 bridgehead atoms. The van der Waals surface area contributed by atoms with Gasteiger partial charge in [-0.1, -0.05) is 38.5 Å². The van der Waals surface area contributed by atoms with Crippen LogP contribution >= 0.6 is 0 Å². The first-order valence-electron chi connectivity index (χ1n) is 8.81.